The molecule has 1 aromatic carbocycles. The van der Waals surface area contributed by atoms with Gasteiger partial charge in [-0.2, -0.15) is 4.57 Å². The molecule has 0 saturated carbocycles. The van der Waals surface area contributed by atoms with E-state index < -0.39 is 24.0 Å². The van der Waals surface area contributed by atoms with Crippen LogP contribution in [0.3, 0.4) is 0 Å². The highest BCUT2D eigenvalue weighted by molar-refractivity contribution is 5.96. The Morgan fingerprint density at radius 2 is 1.63 bits per heavy atom. The highest BCUT2D eigenvalue weighted by atomic mass is 35.5. The smallest absolute Gasteiger partial charge is 0.412 e. The monoisotopic (exact) mass is 435 g/mol. The number of alkyl carbamates (subject to hydrolysis) is 1. The van der Waals surface area contributed by atoms with Gasteiger partial charge in [0.25, 0.3) is 12.6 Å². The van der Waals surface area contributed by atoms with Crippen LogP contribution in [0, 0.1) is 0 Å². The van der Waals surface area contributed by atoms with E-state index in [0.717, 1.165) is 5.56 Å². The van der Waals surface area contributed by atoms with Gasteiger partial charge in [0.1, 0.15) is 6.04 Å². The van der Waals surface area contributed by atoms with E-state index in [1.807, 2.05) is 37.3 Å². The lowest BCUT2D eigenvalue weighted by atomic mass is 10.1. The minimum absolute atomic E-state index is 0. The van der Waals surface area contributed by atoms with E-state index in [4.69, 9.17) is 4.74 Å². The molecule has 0 aliphatic rings. The van der Waals surface area contributed by atoms with Gasteiger partial charge in [0.15, 0.2) is 12.4 Å². The van der Waals surface area contributed by atoms with Crippen LogP contribution in [0.15, 0.2) is 54.9 Å². The van der Waals surface area contributed by atoms with Crippen molar-refractivity contribution >= 4 is 18.0 Å². The molecular weight excluding hydrogens is 410 g/mol. The van der Waals surface area contributed by atoms with Crippen molar-refractivity contribution < 1.29 is 40.8 Å². The van der Waals surface area contributed by atoms with Crippen LogP contribution in [0.1, 0.15) is 29.8 Å². The molecule has 2 N–H and O–H groups in total. The number of rotatable bonds is 8. The minimum Gasteiger partial charge on any atom is -1.00 e. The zero-order valence-electron chi connectivity index (χ0n) is 17.1. The van der Waals surface area contributed by atoms with Crippen LogP contribution in [0.25, 0.3) is 0 Å². The normalized spacial score (nSPS) is 12.0. The van der Waals surface area contributed by atoms with E-state index in [1.165, 1.54) is 14.0 Å². The number of pyridine rings is 1. The van der Waals surface area contributed by atoms with Crippen LogP contribution in [-0.4, -0.2) is 37.2 Å². The molecule has 2 rings (SSSR count). The number of carbonyl (C=O) groups is 3. The fraction of sp³-hybridized carbons (Fsp3) is 0.333. The number of nitrogens with zero attached hydrogens (tertiary/aromatic N) is 1. The van der Waals surface area contributed by atoms with E-state index in [2.05, 4.69) is 15.4 Å². The maximum Gasteiger partial charge on any atom is 0.412 e. The van der Waals surface area contributed by atoms with Gasteiger partial charge in [-0.05, 0) is 25.8 Å². The number of aromatic nitrogens is 1. The van der Waals surface area contributed by atoms with Gasteiger partial charge in [0.2, 0.25) is 0 Å². The molecular formula is C21H26ClN3O5. The SMILES string of the molecule is COC(=O)[C@H](C)NC(=O)c1cc[n+](COC(=O)N[C@@H](C)Cc2ccccc2)cc1.[Cl-]. The molecule has 2 amide bonds. The van der Waals surface area contributed by atoms with Gasteiger partial charge in [-0.3, -0.25) is 4.79 Å². The number of benzene rings is 1. The van der Waals surface area contributed by atoms with E-state index in [-0.39, 0.29) is 25.2 Å². The summed E-state index contributed by atoms with van der Waals surface area (Å²) >= 11 is 0. The Kier molecular flexibility index (Phi) is 10.3. The van der Waals surface area contributed by atoms with Crippen molar-refractivity contribution in [3.8, 4) is 0 Å². The van der Waals surface area contributed by atoms with E-state index >= 15 is 0 Å². The van der Waals surface area contributed by atoms with Gasteiger partial charge in [-0.15, -0.1) is 0 Å². The zero-order valence-corrected chi connectivity index (χ0v) is 17.9. The molecule has 2 aromatic rings. The number of halogens is 1. The Morgan fingerprint density at radius 1 is 1.00 bits per heavy atom. The molecule has 8 nitrogen and oxygen atoms in total. The standard InChI is InChI=1S/C21H25N3O5.ClH/c1-15(13-17-7-5-4-6-8-17)22-21(27)29-14-24-11-9-18(10-12-24)19(25)23-16(2)20(26)28-3;/h4-12,15-16H,13-14H2,1-3H3,(H-,22,23,25,27);1H/t15-,16-;/m0./s1. The number of hydrogen-bond donors (Lipinski definition) is 2. The Hall–Kier alpha value is -3.13. The van der Waals surface area contributed by atoms with Crippen LogP contribution in [0.2, 0.25) is 0 Å². The molecule has 0 unspecified atom stereocenters. The second kappa shape index (κ2) is 12.4. The van der Waals surface area contributed by atoms with Gasteiger partial charge >= 0.3 is 12.1 Å². The van der Waals surface area contributed by atoms with Crippen molar-refractivity contribution in [2.45, 2.75) is 39.1 Å². The summed E-state index contributed by atoms with van der Waals surface area (Å²) in [5.41, 5.74) is 1.50. The van der Waals surface area contributed by atoms with Crippen molar-refractivity contribution in [3.63, 3.8) is 0 Å². The number of hydrogen-bond acceptors (Lipinski definition) is 5. The molecule has 0 aliphatic carbocycles. The summed E-state index contributed by atoms with van der Waals surface area (Å²) < 4.78 is 11.4. The summed E-state index contributed by atoms with van der Waals surface area (Å²) in [6.45, 7) is 3.45. The van der Waals surface area contributed by atoms with Gasteiger partial charge in [-0.25, -0.2) is 9.59 Å². The second-order valence-electron chi connectivity index (χ2n) is 6.62. The summed E-state index contributed by atoms with van der Waals surface area (Å²) in [5.74, 6) is -0.923. The maximum absolute atomic E-state index is 12.1. The molecule has 1 aromatic heterocycles. The van der Waals surface area contributed by atoms with E-state index in [1.54, 1.807) is 29.1 Å². The van der Waals surface area contributed by atoms with Gasteiger partial charge < -0.3 is 32.5 Å². The summed E-state index contributed by atoms with van der Waals surface area (Å²) in [4.78, 5) is 35.4. The predicted octanol–water partition coefficient (Wildman–Crippen LogP) is -1.42. The molecule has 0 aliphatic heterocycles. The average molecular weight is 436 g/mol. The van der Waals surface area contributed by atoms with Gasteiger partial charge in [0.05, 0.1) is 12.7 Å². The first-order valence-electron chi connectivity index (χ1n) is 9.24. The van der Waals surface area contributed by atoms with Crippen LogP contribution < -0.4 is 27.6 Å². The Balaban J connectivity index is 0.00000450. The summed E-state index contributed by atoms with van der Waals surface area (Å²) in [7, 11) is 1.26. The number of amides is 2. The third-order valence-electron chi connectivity index (χ3n) is 4.15. The van der Waals surface area contributed by atoms with Crippen molar-refractivity contribution in [1.29, 1.82) is 0 Å². The van der Waals surface area contributed by atoms with E-state index in [9.17, 15) is 14.4 Å². The van der Waals surface area contributed by atoms with Gasteiger partial charge in [0, 0.05) is 18.2 Å². The van der Waals surface area contributed by atoms with Crippen molar-refractivity contribution in [2.24, 2.45) is 0 Å². The van der Waals surface area contributed by atoms with Gasteiger partial charge in [-0.1, -0.05) is 30.3 Å². The maximum atomic E-state index is 12.1. The summed E-state index contributed by atoms with van der Waals surface area (Å²) in [5, 5.41) is 5.32. The molecule has 0 saturated heterocycles. The quantitative estimate of drug-likeness (QED) is 0.392. The molecule has 0 bridgehead atoms. The minimum atomic E-state index is -0.746. The number of nitrogens with one attached hydrogen (secondary N) is 2. The second-order valence-corrected chi connectivity index (χ2v) is 6.62. The molecule has 9 heteroatoms. The Bertz CT molecular complexity index is 830. The van der Waals surface area contributed by atoms with Crippen molar-refractivity contribution in [3.05, 3.63) is 66.0 Å². The Morgan fingerprint density at radius 3 is 2.23 bits per heavy atom. The molecule has 2 atom stereocenters. The number of ether oxygens (including phenoxy) is 2. The summed E-state index contributed by atoms with van der Waals surface area (Å²) in [6.07, 6.45) is 3.41. The third kappa shape index (κ3) is 8.08. The zero-order chi connectivity index (χ0) is 21.2. The molecule has 0 spiro atoms. The largest absolute Gasteiger partial charge is 1.00 e. The van der Waals surface area contributed by atoms with Crippen LogP contribution in [0.4, 0.5) is 4.79 Å². The van der Waals surface area contributed by atoms with Crippen LogP contribution in [-0.2, 0) is 27.4 Å². The average Bonchev–Trinajstić information content (AvgIpc) is 2.72. The molecule has 30 heavy (non-hydrogen) atoms. The lowest BCUT2D eigenvalue weighted by Gasteiger charge is -2.13. The highest BCUT2D eigenvalue weighted by Crippen LogP contribution is 2.03. The molecule has 1 heterocycles. The van der Waals surface area contributed by atoms with Crippen LogP contribution in [0.5, 0.6) is 0 Å². The number of methoxy groups -OCH3 is 1. The Labute approximate surface area is 182 Å². The topological polar surface area (TPSA) is 97.6 Å². The first-order valence-corrected chi connectivity index (χ1v) is 9.24. The summed E-state index contributed by atoms with van der Waals surface area (Å²) in [6, 6.07) is 12.2. The predicted molar refractivity (Wildman–Crippen MR) is 105 cm³/mol. The molecule has 162 valence electrons. The highest BCUT2D eigenvalue weighted by Gasteiger charge is 2.18. The fourth-order valence-corrected chi connectivity index (χ4v) is 2.61. The van der Waals surface area contributed by atoms with Crippen molar-refractivity contribution in [1.82, 2.24) is 10.6 Å². The number of esters is 1. The third-order valence-corrected chi connectivity index (χ3v) is 4.15. The first-order chi connectivity index (χ1) is 13.9. The van der Waals surface area contributed by atoms with Crippen LogP contribution >= 0.6 is 0 Å². The lowest BCUT2D eigenvalue weighted by molar-refractivity contribution is -0.727. The lowest BCUT2D eigenvalue weighted by Crippen LogP contribution is -3.00. The number of carbonyl (C=O) groups excluding carboxylic acids is 3. The molecule has 0 radical (unpaired) electrons. The van der Waals surface area contributed by atoms with Crippen molar-refractivity contribution in [2.75, 3.05) is 7.11 Å². The molecule has 0 fully saturated rings. The van der Waals surface area contributed by atoms with E-state index in [0.29, 0.717) is 12.0 Å². The fourth-order valence-electron chi connectivity index (χ4n) is 2.61. The first kappa shape index (κ1) is 24.9.